The Morgan fingerprint density at radius 1 is 1.25 bits per heavy atom. The first-order valence-corrected chi connectivity index (χ1v) is 9.18. The molecule has 156 valence electrons. The van der Waals surface area contributed by atoms with E-state index in [2.05, 4.69) is 39.3 Å². The lowest BCUT2D eigenvalue weighted by Gasteiger charge is -2.27. The van der Waals surface area contributed by atoms with Crippen LogP contribution in [-0.4, -0.2) is 45.6 Å². The normalized spacial score (nSPS) is 17.1. The fourth-order valence-corrected chi connectivity index (χ4v) is 3.66. The number of likely N-dealkylation sites (tertiary alicyclic amines) is 1. The highest BCUT2D eigenvalue weighted by Gasteiger charge is 2.36. The van der Waals surface area contributed by atoms with Crippen LogP contribution in [0.25, 0.3) is 5.65 Å². The molecule has 2 aromatic heterocycles. The van der Waals surface area contributed by atoms with Crippen molar-refractivity contribution in [3.63, 3.8) is 0 Å². The van der Waals surface area contributed by atoms with Crippen molar-refractivity contribution in [2.45, 2.75) is 45.8 Å². The van der Waals surface area contributed by atoms with Crippen LogP contribution >= 0.6 is 24.0 Å². The van der Waals surface area contributed by atoms with E-state index in [0.29, 0.717) is 16.9 Å². The SMILES string of the molecule is CCC1(CC)CCN(C(=NC)NCc2nnc3ccc(C(F)(F)F)cn23)C1.I. The minimum absolute atomic E-state index is 0. The van der Waals surface area contributed by atoms with Crippen molar-refractivity contribution < 1.29 is 13.2 Å². The van der Waals surface area contributed by atoms with Gasteiger partial charge in [0.25, 0.3) is 0 Å². The average molecular weight is 510 g/mol. The lowest BCUT2D eigenvalue weighted by molar-refractivity contribution is -0.137. The third-order valence-electron chi connectivity index (χ3n) is 5.65. The number of nitrogens with one attached hydrogen (secondary N) is 1. The fourth-order valence-electron chi connectivity index (χ4n) is 3.66. The number of alkyl halides is 3. The molecule has 28 heavy (non-hydrogen) atoms. The van der Waals surface area contributed by atoms with E-state index in [0.717, 1.165) is 50.6 Å². The number of fused-ring (bicyclic) bond motifs is 1. The fraction of sp³-hybridized carbons (Fsp3) is 0.611. The zero-order valence-electron chi connectivity index (χ0n) is 16.3. The van der Waals surface area contributed by atoms with Crippen molar-refractivity contribution in [2.24, 2.45) is 10.4 Å². The van der Waals surface area contributed by atoms with Gasteiger partial charge in [0.15, 0.2) is 17.4 Å². The number of aliphatic imine (C=N–C) groups is 1. The minimum Gasteiger partial charge on any atom is -0.349 e. The van der Waals surface area contributed by atoms with Gasteiger partial charge >= 0.3 is 6.18 Å². The predicted molar refractivity (Wildman–Crippen MR) is 113 cm³/mol. The first-order valence-electron chi connectivity index (χ1n) is 9.18. The summed E-state index contributed by atoms with van der Waals surface area (Å²) in [5.74, 6) is 1.15. The Kier molecular flexibility index (Phi) is 7.16. The summed E-state index contributed by atoms with van der Waals surface area (Å²) in [6.07, 6.45) is -0.0237. The number of guanidine groups is 1. The summed E-state index contributed by atoms with van der Waals surface area (Å²) < 4.78 is 40.3. The summed E-state index contributed by atoms with van der Waals surface area (Å²) in [7, 11) is 1.71. The number of hydrogen-bond donors (Lipinski definition) is 1. The first-order chi connectivity index (χ1) is 12.8. The number of hydrogen-bond acceptors (Lipinski definition) is 3. The van der Waals surface area contributed by atoms with Crippen LogP contribution in [-0.2, 0) is 12.7 Å². The topological polar surface area (TPSA) is 57.8 Å². The van der Waals surface area contributed by atoms with Crippen LogP contribution in [0.15, 0.2) is 23.3 Å². The maximum Gasteiger partial charge on any atom is 0.417 e. The smallest absolute Gasteiger partial charge is 0.349 e. The molecule has 0 radical (unpaired) electrons. The molecule has 1 fully saturated rings. The van der Waals surface area contributed by atoms with Gasteiger partial charge in [-0.3, -0.25) is 9.39 Å². The van der Waals surface area contributed by atoms with Crippen LogP contribution < -0.4 is 5.32 Å². The molecule has 1 aliphatic rings. The Morgan fingerprint density at radius 3 is 2.54 bits per heavy atom. The summed E-state index contributed by atoms with van der Waals surface area (Å²) in [5.41, 5.74) is -0.0385. The minimum atomic E-state index is -4.40. The molecule has 0 bridgehead atoms. The highest BCUT2D eigenvalue weighted by atomic mass is 127. The zero-order valence-corrected chi connectivity index (χ0v) is 18.6. The molecule has 1 saturated heterocycles. The van der Waals surface area contributed by atoms with Crippen LogP contribution in [0.4, 0.5) is 13.2 Å². The van der Waals surface area contributed by atoms with E-state index in [1.807, 2.05) is 0 Å². The lowest BCUT2D eigenvalue weighted by atomic mass is 9.82. The van der Waals surface area contributed by atoms with E-state index in [9.17, 15) is 13.2 Å². The Bertz CT molecular complexity index is 828. The molecule has 0 saturated carbocycles. The third-order valence-corrected chi connectivity index (χ3v) is 5.65. The van der Waals surface area contributed by atoms with Crippen LogP contribution in [0, 0.1) is 5.41 Å². The molecular formula is C18H26F3IN6. The molecule has 3 heterocycles. The average Bonchev–Trinajstić information content (AvgIpc) is 3.26. The summed E-state index contributed by atoms with van der Waals surface area (Å²) >= 11 is 0. The van der Waals surface area contributed by atoms with Gasteiger partial charge in [0, 0.05) is 26.3 Å². The second-order valence-electron chi connectivity index (χ2n) is 7.04. The van der Waals surface area contributed by atoms with E-state index >= 15 is 0 Å². The number of pyridine rings is 1. The van der Waals surface area contributed by atoms with Gasteiger partial charge in [-0.05, 0) is 36.8 Å². The first kappa shape index (κ1) is 22.7. The van der Waals surface area contributed by atoms with Crippen LogP contribution in [0.2, 0.25) is 0 Å². The quantitative estimate of drug-likeness (QED) is 0.385. The van der Waals surface area contributed by atoms with Crippen molar-refractivity contribution >= 4 is 35.6 Å². The number of rotatable bonds is 4. The molecule has 0 atom stereocenters. The van der Waals surface area contributed by atoms with Gasteiger partial charge in [0.2, 0.25) is 0 Å². The number of nitrogens with zero attached hydrogens (tertiary/aromatic N) is 5. The second kappa shape index (κ2) is 8.83. The molecule has 3 rings (SSSR count). The molecule has 2 aromatic rings. The van der Waals surface area contributed by atoms with Gasteiger partial charge in [0.05, 0.1) is 12.1 Å². The molecule has 0 aliphatic carbocycles. The Morgan fingerprint density at radius 2 is 1.96 bits per heavy atom. The number of aromatic nitrogens is 3. The maximum absolute atomic E-state index is 13.0. The standard InChI is InChI=1S/C18H25F3N6.HI/c1-4-17(5-2)8-9-26(12-17)16(22-3)23-10-15-25-24-14-7-6-13(11-27(14)15)18(19,20)21;/h6-7,11H,4-5,8-10,12H2,1-3H3,(H,22,23);1H. The zero-order chi connectivity index (χ0) is 19.7. The van der Waals surface area contributed by atoms with Crippen molar-refractivity contribution in [2.75, 3.05) is 20.1 Å². The van der Waals surface area contributed by atoms with Crippen molar-refractivity contribution in [1.82, 2.24) is 24.8 Å². The Balaban J connectivity index is 0.00000280. The molecule has 1 N–H and O–H groups in total. The molecule has 0 spiro atoms. The van der Waals surface area contributed by atoms with Gasteiger partial charge in [0.1, 0.15) is 0 Å². The third kappa shape index (κ3) is 4.52. The Labute approximate surface area is 179 Å². The molecule has 1 aliphatic heterocycles. The largest absolute Gasteiger partial charge is 0.417 e. The molecule has 10 heteroatoms. The van der Waals surface area contributed by atoms with E-state index in [4.69, 9.17) is 0 Å². The van der Waals surface area contributed by atoms with E-state index in [1.54, 1.807) is 7.05 Å². The van der Waals surface area contributed by atoms with Gasteiger partial charge in [-0.2, -0.15) is 13.2 Å². The summed E-state index contributed by atoms with van der Waals surface area (Å²) in [6, 6.07) is 2.34. The molecule has 0 aromatic carbocycles. The van der Waals surface area contributed by atoms with Gasteiger partial charge in [-0.15, -0.1) is 34.2 Å². The van der Waals surface area contributed by atoms with Gasteiger partial charge in [-0.1, -0.05) is 13.8 Å². The van der Waals surface area contributed by atoms with Gasteiger partial charge in [-0.25, -0.2) is 0 Å². The second-order valence-corrected chi connectivity index (χ2v) is 7.04. The number of halogens is 4. The predicted octanol–water partition coefficient (Wildman–Crippen LogP) is 3.95. The lowest BCUT2D eigenvalue weighted by Crippen LogP contribution is -2.41. The highest BCUT2D eigenvalue weighted by molar-refractivity contribution is 14.0. The maximum atomic E-state index is 13.0. The van der Waals surface area contributed by atoms with E-state index in [1.165, 1.54) is 10.5 Å². The van der Waals surface area contributed by atoms with E-state index < -0.39 is 11.7 Å². The molecule has 0 unspecified atom stereocenters. The van der Waals surface area contributed by atoms with Crippen molar-refractivity contribution in [3.8, 4) is 0 Å². The van der Waals surface area contributed by atoms with Crippen LogP contribution in [0.3, 0.4) is 0 Å². The van der Waals surface area contributed by atoms with Gasteiger partial charge < -0.3 is 10.2 Å². The molecule has 0 amide bonds. The summed E-state index contributed by atoms with van der Waals surface area (Å²) in [5, 5.41) is 11.2. The monoisotopic (exact) mass is 510 g/mol. The van der Waals surface area contributed by atoms with Crippen molar-refractivity contribution in [3.05, 3.63) is 29.7 Å². The summed E-state index contributed by atoms with van der Waals surface area (Å²) in [6.45, 7) is 6.52. The van der Waals surface area contributed by atoms with Crippen LogP contribution in [0.5, 0.6) is 0 Å². The summed E-state index contributed by atoms with van der Waals surface area (Å²) in [4.78, 5) is 6.54. The van der Waals surface area contributed by atoms with Crippen LogP contribution in [0.1, 0.15) is 44.5 Å². The van der Waals surface area contributed by atoms with Crippen molar-refractivity contribution in [1.29, 1.82) is 0 Å². The highest BCUT2D eigenvalue weighted by Crippen LogP contribution is 2.36. The molecule has 6 nitrogen and oxygen atoms in total. The van der Waals surface area contributed by atoms with E-state index in [-0.39, 0.29) is 30.5 Å². The molecular weight excluding hydrogens is 484 g/mol. The Hall–Kier alpha value is -1.59.